The van der Waals surface area contributed by atoms with Crippen molar-refractivity contribution in [3.05, 3.63) is 12.7 Å². The van der Waals surface area contributed by atoms with Gasteiger partial charge in [-0.15, -0.1) is 6.58 Å². The summed E-state index contributed by atoms with van der Waals surface area (Å²) in [6, 6.07) is -0.310. The lowest BCUT2D eigenvalue weighted by atomic mass is 10.2. The molecule has 0 spiro atoms. The Morgan fingerprint density at radius 2 is 2.24 bits per heavy atom. The monoisotopic (exact) mass is 244 g/mol. The van der Waals surface area contributed by atoms with Crippen molar-refractivity contribution in [2.75, 3.05) is 33.4 Å². The Bertz CT molecular complexity index is 268. The second-order valence-electron chi connectivity index (χ2n) is 3.65. The number of urea groups is 1. The molecule has 0 saturated carbocycles. The second kappa shape index (κ2) is 8.58. The number of nitrogens with one attached hydrogen (secondary N) is 1. The van der Waals surface area contributed by atoms with Crippen LogP contribution in [-0.2, 0) is 9.53 Å². The van der Waals surface area contributed by atoms with Gasteiger partial charge < -0.3 is 20.1 Å². The summed E-state index contributed by atoms with van der Waals surface area (Å²) < 4.78 is 4.88. The van der Waals surface area contributed by atoms with Gasteiger partial charge >= 0.3 is 12.0 Å². The molecule has 0 aromatic carbocycles. The topological polar surface area (TPSA) is 78.9 Å². The van der Waals surface area contributed by atoms with E-state index in [0.717, 1.165) is 0 Å². The number of methoxy groups -OCH3 is 1. The molecule has 98 valence electrons. The van der Waals surface area contributed by atoms with Crippen LogP contribution in [0.25, 0.3) is 0 Å². The Hall–Kier alpha value is -1.56. The molecule has 17 heavy (non-hydrogen) atoms. The number of hydrogen-bond donors (Lipinski definition) is 2. The molecule has 0 bridgehead atoms. The molecule has 0 radical (unpaired) electrons. The number of nitrogens with zero attached hydrogens (tertiary/aromatic N) is 1. The number of carbonyl (C=O) groups excluding carboxylic acids is 1. The summed E-state index contributed by atoms with van der Waals surface area (Å²) in [5.74, 6) is -1.54. The highest BCUT2D eigenvalue weighted by molar-refractivity contribution is 5.76. The second-order valence-corrected chi connectivity index (χ2v) is 3.65. The van der Waals surface area contributed by atoms with Crippen LogP contribution in [0.15, 0.2) is 12.7 Å². The molecule has 0 aliphatic rings. The number of ether oxygens (including phenoxy) is 1. The van der Waals surface area contributed by atoms with Gasteiger partial charge in [0.05, 0.1) is 12.5 Å². The largest absolute Gasteiger partial charge is 0.481 e. The molecule has 0 aliphatic carbocycles. The Labute approximate surface area is 101 Å². The third-order valence-corrected chi connectivity index (χ3v) is 2.18. The van der Waals surface area contributed by atoms with E-state index in [-0.39, 0.29) is 12.6 Å². The molecule has 0 aromatic rings. The van der Waals surface area contributed by atoms with E-state index in [1.807, 2.05) is 0 Å². The van der Waals surface area contributed by atoms with Crippen molar-refractivity contribution < 1.29 is 19.4 Å². The van der Waals surface area contributed by atoms with E-state index in [9.17, 15) is 9.59 Å². The van der Waals surface area contributed by atoms with Crippen molar-refractivity contribution in [3.63, 3.8) is 0 Å². The highest BCUT2D eigenvalue weighted by atomic mass is 16.5. The Morgan fingerprint density at radius 1 is 1.59 bits per heavy atom. The van der Waals surface area contributed by atoms with E-state index >= 15 is 0 Å². The number of hydrogen-bond acceptors (Lipinski definition) is 3. The molecule has 6 nitrogen and oxygen atoms in total. The van der Waals surface area contributed by atoms with Crippen molar-refractivity contribution in [1.82, 2.24) is 10.2 Å². The first-order valence-corrected chi connectivity index (χ1v) is 5.38. The lowest BCUT2D eigenvalue weighted by Gasteiger charge is -2.21. The summed E-state index contributed by atoms with van der Waals surface area (Å²) in [6.45, 7) is 6.47. The van der Waals surface area contributed by atoms with Crippen LogP contribution in [0.3, 0.4) is 0 Å². The first-order chi connectivity index (χ1) is 8.02. The zero-order valence-electron chi connectivity index (χ0n) is 10.3. The molecule has 1 unspecified atom stereocenters. The van der Waals surface area contributed by atoms with Crippen LogP contribution in [0, 0.1) is 5.92 Å². The molecule has 0 saturated heterocycles. The predicted molar refractivity (Wildman–Crippen MR) is 63.8 cm³/mol. The minimum atomic E-state index is -0.933. The van der Waals surface area contributed by atoms with Gasteiger partial charge in [-0.2, -0.15) is 0 Å². The van der Waals surface area contributed by atoms with Crippen molar-refractivity contribution in [3.8, 4) is 0 Å². The molecule has 2 N–H and O–H groups in total. The van der Waals surface area contributed by atoms with E-state index in [1.54, 1.807) is 13.2 Å². The fraction of sp³-hybridized carbons (Fsp3) is 0.636. The molecule has 0 aromatic heterocycles. The summed E-state index contributed by atoms with van der Waals surface area (Å²) in [5, 5.41) is 11.2. The first kappa shape index (κ1) is 15.4. The van der Waals surface area contributed by atoms with E-state index in [2.05, 4.69) is 11.9 Å². The van der Waals surface area contributed by atoms with Crippen molar-refractivity contribution >= 4 is 12.0 Å². The van der Waals surface area contributed by atoms with Crippen LogP contribution >= 0.6 is 0 Å². The van der Waals surface area contributed by atoms with Crippen LogP contribution in [0.4, 0.5) is 4.79 Å². The van der Waals surface area contributed by atoms with E-state index in [0.29, 0.717) is 19.7 Å². The Kier molecular flexibility index (Phi) is 7.79. The van der Waals surface area contributed by atoms with Crippen LogP contribution in [0.2, 0.25) is 0 Å². The minimum absolute atomic E-state index is 0.106. The van der Waals surface area contributed by atoms with Crippen LogP contribution in [-0.4, -0.2) is 55.4 Å². The summed E-state index contributed by atoms with van der Waals surface area (Å²) in [5.41, 5.74) is 0. The number of rotatable bonds is 8. The number of amides is 2. The summed E-state index contributed by atoms with van der Waals surface area (Å²) in [6.07, 6.45) is 1.61. The highest BCUT2D eigenvalue weighted by Gasteiger charge is 2.15. The maximum absolute atomic E-state index is 11.7. The van der Waals surface area contributed by atoms with Gasteiger partial charge in [-0.3, -0.25) is 4.79 Å². The molecule has 6 heteroatoms. The van der Waals surface area contributed by atoms with Crippen LogP contribution in [0.5, 0.6) is 0 Å². The van der Waals surface area contributed by atoms with E-state index in [4.69, 9.17) is 9.84 Å². The van der Waals surface area contributed by atoms with Gasteiger partial charge in [-0.25, -0.2) is 4.79 Å². The highest BCUT2D eigenvalue weighted by Crippen LogP contribution is 1.95. The fourth-order valence-electron chi connectivity index (χ4n) is 1.07. The average molecular weight is 244 g/mol. The van der Waals surface area contributed by atoms with Crippen LogP contribution < -0.4 is 5.32 Å². The molecular weight excluding hydrogens is 224 g/mol. The maximum atomic E-state index is 11.7. The molecule has 0 fully saturated rings. The van der Waals surface area contributed by atoms with Gasteiger partial charge in [-0.05, 0) is 0 Å². The average Bonchev–Trinajstić information content (AvgIpc) is 2.30. The third kappa shape index (κ3) is 6.57. The van der Waals surface area contributed by atoms with Gasteiger partial charge in [0, 0.05) is 26.7 Å². The zero-order chi connectivity index (χ0) is 13.3. The first-order valence-electron chi connectivity index (χ1n) is 5.38. The van der Waals surface area contributed by atoms with Crippen molar-refractivity contribution in [2.24, 2.45) is 5.92 Å². The van der Waals surface area contributed by atoms with Gasteiger partial charge in [0.25, 0.3) is 0 Å². The standard InChI is InChI=1S/C11H20N2O4/c1-4-5-13(6-7-17-3)11(16)12-8-9(2)10(14)15/h4,9H,1,5-8H2,2-3H3,(H,12,16)(H,14,15). The molecule has 1 atom stereocenters. The fourth-order valence-corrected chi connectivity index (χ4v) is 1.07. The number of aliphatic carboxylic acids is 1. The van der Waals surface area contributed by atoms with Crippen molar-refractivity contribution in [1.29, 1.82) is 0 Å². The van der Waals surface area contributed by atoms with Gasteiger partial charge in [-0.1, -0.05) is 13.0 Å². The Balaban J connectivity index is 4.12. The van der Waals surface area contributed by atoms with Crippen molar-refractivity contribution in [2.45, 2.75) is 6.92 Å². The summed E-state index contributed by atoms with van der Waals surface area (Å²) in [4.78, 5) is 23.8. The summed E-state index contributed by atoms with van der Waals surface area (Å²) >= 11 is 0. The van der Waals surface area contributed by atoms with Gasteiger partial charge in [0.1, 0.15) is 0 Å². The molecule has 0 heterocycles. The lowest BCUT2D eigenvalue weighted by molar-refractivity contribution is -0.140. The third-order valence-electron chi connectivity index (χ3n) is 2.18. The zero-order valence-corrected chi connectivity index (χ0v) is 10.3. The van der Waals surface area contributed by atoms with E-state index in [1.165, 1.54) is 11.8 Å². The minimum Gasteiger partial charge on any atom is -0.481 e. The normalized spacial score (nSPS) is 11.6. The predicted octanol–water partition coefficient (Wildman–Crippen LogP) is 0.551. The smallest absolute Gasteiger partial charge is 0.317 e. The lowest BCUT2D eigenvalue weighted by Crippen LogP contribution is -2.43. The molecule has 0 aliphatic heterocycles. The number of carbonyl (C=O) groups is 2. The maximum Gasteiger partial charge on any atom is 0.317 e. The molecule has 2 amide bonds. The number of carboxylic acids is 1. The molecule has 0 rings (SSSR count). The molecular formula is C11H20N2O4. The Morgan fingerprint density at radius 3 is 2.71 bits per heavy atom. The summed E-state index contributed by atoms with van der Waals surface area (Å²) in [7, 11) is 1.55. The number of carboxylic acid groups (broad SMARTS) is 1. The quantitative estimate of drug-likeness (QED) is 0.611. The SMILES string of the molecule is C=CCN(CCOC)C(=O)NCC(C)C(=O)O. The van der Waals surface area contributed by atoms with E-state index < -0.39 is 11.9 Å². The van der Waals surface area contributed by atoms with Gasteiger partial charge in [0.15, 0.2) is 0 Å². The van der Waals surface area contributed by atoms with Gasteiger partial charge in [0.2, 0.25) is 0 Å². The van der Waals surface area contributed by atoms with Crippen LogP contribution in [0.1, 0.15) is 6.92 Å².